The molecule has 2 amide bonds. The molecule has 5 nitrogen and oxygen atoms in total. The molecule has 29 heavy (non-hydrogen) atoms. The summed E-state index contributed by atoms with van der Waals surface area (Å²) in [4.78, 5) is 29.1. The second kappa shape index (κ2) is 9.07. The van der Waals surface area contributed by atoms with Crippen molar-refractivity contribution >= 4 is 23.2 Å². The zero-order chi connectivity index (χ0) is 21.0. The SMILES string of the molecule is CC(C)N(C)c1ccc(NC(=O)C(c2ccccc2)N2CCCCC2=O)cc1F. The molecule has 1 aliphatic heterocycles. The minimum Gasteiger partial charge on any atom is -0.370 e. The number of carbonyl (C=O) groups excluding carboxylic acids is 2. The van der Waals surface area contributed by atoms with Gasteiger partial charge in [0.1, 0.15) is 11.9 Å². The molecule has 2 aromatic rings. The maximum Gasteiger partial charge on any atom is 0.251 e. The van der Waals surface area contributed by atoms with Gasteiger partial charge in [0.05, 0.1) is 5.69 Å². The number of piperidine rings is 1. The van der Waals surface area contributed by atoms with E-state index in [0.29, 0.717) is 24.3 Å². The third-order valence-corrected chi connectivity index (χ3v) is 5.41. The summed E-state index contributed by atoms with van der Waals surface area (Å²) >= 11 is 0. The first-order valence-corrected chi connectivity index (χ1v) is 10.1. The largest absolute Gasteiger partial charge is 0.370 e. The van der Waals surface area contributed by atoms with Gasteiger partial charge in [-0.1, -0.05) is 30.3 Å². The van der Waals surface area contributed by atoms with Crippen LogP contribution in [0.25, 0.3) is 0 Å². The number of nitrogens with zero attached hydrogens (tertiary/aromatic N) is 2. The third kappa shape index (κ3) is 4.75. The van der Waals surface area contributed by atoms with Gasteiger partial charge in [-0.05, 0) is 50.5 Å². The van der Waals surface area contributed by atoms with Crippen molar-refractivity contribution in [3.8, 4) is 0 Å². The van der Waals surface area contributed by atoms with Gasteiger partial charge in [0, 0.05) is 31.7 Å². The molecule has 1 fully saturated rings. The van der Waals surface area contributed by atoms with Gasteiger partial charge < -0.3 is 15.1 Å². The first-order valence-electron chi connectivity index (χ1n) is 10.1. The maximum atomic E-state index is 14.6. The lowest BCUT2D eigenvalue weighted by molar-refractivity contribution is -0.141. The normalized spacial score (nSPS) is 15.3. The highest BCUT2D eigenvalue weighted by Crippen LogP contribution is 2.28. The van der Waals surface area contributed by atoms with E-state index >= 15 is 0 Å². The van der Waals surface area contributed by atoms with Crippen molar-refractivity contribution < 1.29 is 14.0 Å². The van der Waals surface area contributed by atoms with E-state index in [1.807, 2.05) is 56.1 Å². The summed E-state index contributed by atoms with van der Waals surface area (Å²) in [6, 6.07) is 13.3. The lowest BCUT2D eigenvalue weighted by Gasteiger charge is -2.34. The summed E-state index contributed by atoms with van der Waals surface area (Å²) in [6.45, 7) is 4.50. The fourth-order valence-electron chi connectivity index (χ4n) is 3.57. The summed E-state index contributed by atoms with van der Waals surface area (Å²) in [5, 5.41) is 2.80. The van der Waals surface area contributed by atoms with E-state index in [9.17, 15) is 14.0 Å². The Morgan fingerprint density at radius 1 is 1.14 bits per heavy atom. The second-order valence-corrected chi connectivity index (χ2v) is 7.72. The Bertz CT molecular complexity index is 870. The number of amides is 2. The Hall–Kier alpha value is -2.89. The van der Waals surface area contributed by atoms with E-state index in [1.165, 1.54) is 6.07 Å². The maximum absolute atomic E-state index is 14.6. The van der Waals surface area contributed by atoms with Gasteiger partial charge in [-0.15, -0.1) is 0 Å². The van der Waals surface area contributed by atoms with Crippen LogP contribution in [0.3, 0.4) is 0 Å². The molecule has 0 spiro atoms. The highest BCUT2D eigenvalue weighted by atomic mass is 19.1. The summed E-state index contributed by atoms with van der Waals surface area (Å²) in [7, 11) is 1.83. The van der Waals surface area contributed by atoms with E-state index in [4.69, 9.17) is 0 Å². The quantitative estimate of drug-likeness (QED) is 0.788. The van der Waals surface area contributed by atoms with Crippen molar-refractivity contribution in [1.29, 1.82) is 0 Å². The molecular formula is C23H28FN3O2. The number of halogens is 1. The minimum absolute atomic E-state index is 0.0275. The Labute approximate surface area is 171 Å². The zero-order valence-electron chi connectivity index (χ0n) is 17.2. The van der Waals surface area contributed by atoms with Crippen molar-refractivity contribution in [3.05, 3.63) is 59.9 Å². The van der Waals surface area contributed by atoms with Gasteiger partial charge in [0.25, 0.3) is 5.91 Å². The average Bonchev–Trinajstić information content (AvgIpc) is 2.70. The standard InChI is InChI=1S/C23H28FN3O2/c1-16(2)26(3)20-13-12-18(15-19(20)24)25-23(29)22(17-9-5-4-6-10-17)27-14-8-7-11-21(27)28/h4-6,9-10,12-13,15-16,22H,7-8,11,14H2,1-3H3,(H,25,29). The fraction of sp³-hybridized carbons (Fsp3) is 0.391. The molecule has 0 aromatic heterocycles. The monoisotopic (exact) mass is 397 g/mol. The van der Waals surface area contributed by atoms with Crippen LogP contribution in [-0.2, 0) is 9.59 Å². The number of hydrogen-bond donors (Lipinski definition) is 1. The molecule has 1 N–H and O–H groups in total. The Morgan fingerprint density at radius 3 is 2.48 bits per heavy atom. The molecule has 0 aliphatic carbocycles. The number of likely N-dealkylation sites (tertiary alicyclic amines) is 1. The Kier molecular flexibility index (Phi) is 6.52. The highest BCUT2D eigenvalue weighted by Gasteiger charge is 2.32. The molecule has 0 radical (unpaired) electrons. The molecule has 1 heterocycles. The Balaban J connectivity index is 1.85. The van der Waals surface area contributed by atoms with Crippen LogP contribution >= 0.6 is 0 Å². The van der Waals surface area contributed by atoms with E-state index in [0.717, 1.165) is 18.4 Å². The van der Waals surface area contributed by atoms with Gasteiger partial charge in [-0.25, -0.2) is 4.39 Å². The van der Waals surface area contributed by atoms with Crippen molar-refractivity contribution in [3.63, 3.8) is 0 Å². The van der Waals surface area contributed by atoms with Crippen molar-refractivity contribution in [1.82, 2.24) is 4.90 Å². The first kappa shape index (κ1) is 20.8. The topological polar surface area (TPSA) is 52.7 Å². The molecule has 154 valence electrons. The van der Waals surface area contributed by atoms with Gasteiger partial charge in [0.2, 0.25) is 5.91 Å². The lowest BCUT2D eigenvalue weighted by Crippen LogP contribution is -2.43. The minimum atomic E-state index is -0.731. The number of benzene rings is 2. The number of nitrogens with one attached hydrogen (secondary N) is 1. The summed E-state index contributed by atoms with van der Waals surface area (Å²) in [6.07, 6.45) is 2.16. The molecule has 3 rings (SSSR count). The molecule has 2 aromatic carbocycles. The van der Waals surface area contributed by atoms with Gasteiger partial charge >= 0.3 is 0 Å². The number of rotatable bonds is 6. The van der Waals surface area contributed by atoms with Crippen LogP contribution in [0.4, 0.5) is 15.8 Å². The van der Waals surface area contributed by atoms with Gasteiger partial charge in [-0.2, -0.15) is 0 Å². The van der Waals surface area contributed by atoms with E-state index < -0.39 is 11.9 Å². The molecular weight excluding hydrogens is 369 g/mol. The summed E-state index contributed by atoms with van der Waals surface area (Å²) < 4.78 is 14.6. The predicted molar refractivity (Wildman–Crippen MR) is 113 cm³/mol. The predicted octanol–water partition coefficient (Wildman–Crippen LogP) is 4.36. The van der Waals surface area contributed by atoms with E-state index in [-0.39, 0.29) is 17.9 Å². The highest BCUT2D eigenvalue weighted by molar-refractivity contribution is 5.98. The van der Waals surface area contributed by atoms with Gasteiger partial charge in [-0.3, -0.25) is 9.59 Å². The van der Waals surface area contributed by atoms with Crippen LogP contribution in [0.5, 0.6) is 0 Å². The van der Waals surface area contributed by atoms with Crippen LogP contribution < -0.4 is 10.2 Å². The second-order valence-electron chi connectivity index (χ2n) is 7.72. The van der Waals surface area contributed by atoms with E-state index in [2.05, 4.69) is 5.32 Å². The molecule has 6 heteroatoms. The smallest absolute Gasteiger partial charge is 0.251 e. The average molecular weight is 397 g/mol. The van der Waals surface area contributed by atoms with Crippen LogP contribution in [0, 0.1) is 5.82 Å². The van der Waals surface area contributed by atoms with Crippen molar-refractivity contribution in [2.75, 3.05) is 23.8 Å². The van der Waals surface area contributed by atoms with Crippen LogP contribution in [-0.4, -0.2) is 36.3 Å². The molecule has 1 atom stereocenters. The third-order valence-electron chi connectivity index (χ3n) is 5.41. The first-order chi connectivity index (χ1) is 13.9. The summed E-state index contributed by atoms with van der Waals surface area (Å²) in [5.74, 6) is -0.763. The van der Waals surface area contributed by atoms with Crippen LogP contribution in [0.1, 0.15) is 44.7 Å². The fourth-order valence-corrected chi connectivity index (χ4v) is 3.57. The molecule has 1 saturated heterocycles. The molecule has 0 bridgehead atoms. The van der Waals surface area contributed by atoms with Crippen molar-refractivity contribution in [2.45, 2.75) is 45.2 Å². The van der Waals surface area contributed by atoms with E-state index in [1.54, 1.807) is 17.0 Å². The zero-order valence-corrected chi connectivity index (χ0v) is 17.2. The molecule has 1 aliphatic rings. The number of anilines is 2. The number of hydrogen-bond acceptors (Lipinski definition) is 3. The van der Waals surface area contributed by atoms with Crippen molar-refractivity contribution in [2.24, 2.45) is 0 Å². The summed E-state index contributed by atoms with van der Waals surface area (Å²) in [5.41, 5.74) is 1.60. The van der Waals surface area contributed by atoms with Gasteiger partial charge in [0.15, 0.2) is 0 Å². The molecule has 0 saturated carbocycles. The van der Waals surface area contributed by atoms with Crippen LogP contribution in [0.2, 0.25) is 0 Å². The lowest BCUT2D eigenvalue weighted by atomic mass is 10.0. The number of carbonyl (C=O) groups is 2. The van der Waals surface area contributed by atoms with Crippen LogP contribution in [0.15, 0.2) is 48.5 Å². The molecule has 1 unspecified atom stereocenters. The Morgan fingerprint density at radius 2 is 1.86 bits per heavy atom.